The van der Waals surface area contributed by atoms with Crippen LogP contribution in [-0.4, -0.2) is 76.0 Å². The van der Waals surface area contributed by atoms with E-state index in [1.165, 1.54) is 21.0 Å². The third-order valence-electron chi connectivity index (χ3n) is 3.33. The number of esters is 1. The minimum Gasteiger partial charge on any atom is -0.466 e. The molecule has 32 heavy (non-hydrogen) atoms. The number of carbonyl (C=O) groups is 3. The van der Waals surface area contributed by atoms with Crippen LogP contribution in [0.25, 0.3) is 0 Å². The number of carbonyl (C=O) groups excluding carboxylic acids is 3. The first-order chi connectivity index (χ1) is 12.3. The highest BCUT2D eigenvalue weighted by Gasteiger charge is 2.23. The molecule has 0 saturated heterocycles. The molecule has 2 atom stereocenters. The summed E-state index contributed by atoms with van der Waals surface area (Å²) in [6.45, 7) is 6.51. The molecule has 0 radical (unpaired) electrons. The highest BCUT2D eigenvalue weighted by atomic mass is 16.5. The van der Waals surface area contributed by atoms with Crippen molar-refractivity contribution in [2.45, 2.75) is 90.7 Å². The lowest BCUT2D eigenvalue weighted by atomic mass is 9.93. The standard InChI is InChI=1S/C12H22O5.C6H12O3.6CH4/c1-4-10(5-8-17-9(2)13)12(15)11(14)6-7-16-3;1-6(7)5-9-4-3-8-2;;;;;;/h10-11,14H,4-8H2,1-3H3;3-5H2,1-2H3;6*1H4. The van der Waals surface area contributed by atoms with Gasteiger partial charge in [0.2, 0.25) is 0 Å². The van der Waals surface area contributed by atoms with E-state index in [1.807, 2.05) is 6.92 Å². The second-order valence-corrected chi connectivity index (χ2v) is 5.68. The van der Waals surface area contributed by atoms with E-state index in [2.05, 4.69) is 4.74 Å². The summed E-state index contributed by atoms with van der Waals surface area (Å²) in [7, 11) is 3.12. The van der Waals surface area contributed by atoms with Crippen molar-refractivity contribution in [3.8, 4) is 0 Å². The fraction of sp³-hybridized carbons (Fsp3) is 0.875. The second-order valence-electron chi connectivity index (χ2n) is 5.68. The van der Waals surface area contributed by atoms with Gasteiger partial charge in [-0.25, -0.2) is 0 Å². The zero-order valence-corrected chi connectivity index (χ0v) is 16.6. The Labute approximate surface area is 200 Å². The number of hydrogen-bond donors (Lipinski definition) is 1. The van der Waals surface area contributed by atoms with Crippen LogP contribution in [0.15, 0.2) is 0 Å². The lowest BCUT2D eigenvalue weighted by Crippen LogP contribution is -2.29. The smallest absolute Gasteiger partial charge is 0.302 e. The van der Waals surface area contributed by atoms with Crippen molar-refractivity contribution in [3.05, 3.63) is 0 Å². The second kappa shape index (κ2) is 37.0. The van der Waals surface area contributed by atoms with Gasteiger partial charge in [0, 0.05) is 40.1 Å². The van der Waals surface area contributed by atoms with Crippen LogP contribution in [0.3, 0.4) is 0 Å². The van der Waals surface area contributed by atoms with Crippen molar-refractivity contribution in [2.24, 2.45) is 5.92 Å². The van der Waals surface area contributed by atoms with Gasteiger partial charge in [-0.2, -0.15) is 0 Å². The predicted molar refractivity (Wildman–Crippen MR) is 136 cm³/mol. The van der Waals surface area contributed by atoms with Gasteiger partial charge in [0.05, 0.1) is 19.8 Å². The number of methoxy groups -OCH3 is 2. The molecule has 0 rings (SSSR count). The fourth-order valence-electron chi connectivity index (χ4n) is 1.89. The lowest BCUT2D eigenvalue weighted by Gasteiger charge is -2.17. The van der Waals surface area contributed by atoms with E-state index in [9.17, 15) is 19.5 Å². The average Bonchev–Trinajstić information content (AvgIpc) is 2.60. The van der Waals surface area contributed by atoms with Gasteiger partial charge in [-0.15, -0.1) is 0 Å². The monoisotopic (exact) mass is 474 g/mol. The summed E-state index contributed by atoms with van der Waals surface area (Å²) < 4.78 is 19.1. The van der Waals surface area contributed by atoms with Crippen LogP contribution in [0.2, 0.25) is 0 Å². The predicted octanol–water partition coefficient (Wildman–Crippen LogP) is 4.99. The van der Waals surface area contributed by atoms with Gasteiger partial charge in [0.1, 0.15) is 12.7 Å². The number of ketones is 2. The lowest BCUT2D eigenvalue weighted by molar-refractivity contribution is -0.143. The molecule has 0 aromatic carbocycles. The quantitative estimate of drug-likeness (QED) is 0.277. The SMILES string of the molecule is C.C.C.C.C.C.CCC(CCOC(C)=O)C(=O)C(O)CCOC.COCCOCC(C)=O. The Bertz CT molecular complexity index is 386. The van der Waals surface area contributed by atoms with Gasteiger partial charge in [0.25, 0.3) is 0 Å². The van der Waals surface area contributed by atoms with Crippen molar-refractivity contribution in [3.63, 3.8) is 0 Å². The zero-order valence-electron chi connectivity index (χ0n) is 16.6. The van der Waals surface area contributed by atoms with Crippen LogP contribution in [0.5, 0.6) is 0 Å². The van der Waals surface area contributed by atoms with Crippen LogP contribution >= 0.6 is 0 Å². The Kier molecular flexibility index (Phi) is 60.7. The summed E-state index contributed by atoms with van der Waals surface area (Å²) in [5.74, 6) is -0.767. The first-order valence-electron chi connectivity index (χ1n) is 8.70. The van der Waals surface area contributed by atoms with Crippen molar-refractivity contribution in [2.75, 3.05) is 47.3 Å². The van der Waals surface area contributed by atoms with Crippen molar-refractivity contribution < 1.29 is 38.4 Å². The van der Waals surface area contributed by atoms with Crippen LogP contribution in [0, 0.1) is 5.92 Å². The highest BCUT2D eigenvalue weighted by molar-refractivity contribution is 5.85. The minimum absolute atomic E-state index is 0. The van der Waals surface area contributed by atoms with Gasteiger partial charge in [-0.1, -0.05) is 51.5 Å². The van der Waals surface area contributed by atoms with E-state index in [0.29, 0.717) is 39.1 Å². The molecule has 8 heteroatoms. The Morgan fingerprint density at radius 3 is 1.66 bits per heavy atom. The molecule has 0 aromatic rings. The summed E-state index contributed by atoms with van der Waals surface area (Å²) in [4.78, 5) is 32.6. The average molecular weight is 475 g/mol. The normalized spacial score (nSPS) is 10.2. The Hall–Kier alpha value is -1.35. The van der Waals surface area contributed by atoms with E-state index in [1.54, 1.807) is 7.11 Å². The molecule has 0 spiro atoms. The van der Waals surface area contributed by atoms with Crippen molar-refractivity contribution in [1.29, 1.82) is 0 Å². The van der Waals surface area contributed by atoms with Crippen molar-refractivity contribution in [1.82, 2.24) is 0 Å². The summed E-state index contributed by atoms with van der Waals surface area (Å²) in [6.07, 6.45) is 0.403. The molecular formula is C24H58O8. The summed E-state index contributed by atoms with van der Waals surface area (Å²) >= 11 is 0. The number of rotatable bonds is 14. The summed E-state index contributed by atoms with van der Waals surface area (Å²) in [6, 6.07) is 0. The highest BCUT2D eigenvalue weighted by Crippen LogP contribution is 2.14. The molecule has 0 heterocycles. The molecule has 0 aliphatic carbocycles. The van der Waals surface area contributed by atoms with E-state index in [4.69, 9.17) is 14.2 Å². The third kappa shape index (κ3) is 36.0. The zero-order chi connectivity index (χ0) is 20.4. The van der Waals surface area contributed by atoms with E-state index >= 15 is 0 Å². The number of ether oxygens (including phenoxy) is 4. The van der Waals surface area contributed by atoms with E-state index in [-0.39, 0.29) is 81.2 Å². The molecule has 0 amide bonds. The molecule has 0 aliphatic rings. The van der Waals surface area contributed by atoms with Crippen LogP contribution in [0.4, 0.5) is 0 Å². The van der Waals surface area contributed by atoms with Crippen LogP contribution < -0.4 is 0 Å². The van der Waals surface area contributed by atoms with E-state index < -0.39 is 6.10 Å². The van der Waals surface area contributed by atoms with Crippen LogP contribution in [-0.2, 0) is 33.3 Å². The maximum atomic E-state index is 11.8. The topological polar surface area (TPSA) is 108 Å². The maximum absolute atomic E-state index is 11.8. The van der Waals surface area contributed by atoms with Crippen LogP contribution in [0.1, 0.15) is 84.6 Å². The molecule has 1 N–H and O–H groups in total. The Balaban J connectivity index is -0.0000000566. The van der Waals surface area contributed by atoms with Gasteiger partial charge in [-0.05, 0) is 19.8 Å². The Morgan fingerprint density at radius 1 is 0.781 bits per heavy atom. The fourth-order valence-corrected chi connectivity index (χ4v) is 1.89. The third-order valence-corrected chi connectivity index (χ3v) is 3.33. The molecule has 0 bridgehead atoms. The summed E-state index contributed by atoms with van der Waals surface area (Å²) in [5, 5.41) is 9.62. The number of Topliss-reactive ketones (excluding diaryl/α,β-unsaturated/α-hetero) is 2. The first-order valence-corrected chi connectivity index (χ1v) is 8.70. The van der Waals surface area contributed by atoms with Gasteiger partial charge in [-0.3, -0.25) is 14.4 Å². The van der Waals surface area contributed by atoms with Crippen molar-refractivity contribution >= 4 is 17.5 Å². The molecule has 8 nitrogen and oxygen atoms in total. The number of aliphatic hydroxyl groups excluding tert-OH is 1. The largest absolute Gasteiger partial charge is 0.466 e. The molecule has 0 aliphatic heterocycles. The van der Waals surface area contributed by atoms with E-state index in [0.717, 1.165) is 0 Å². The number of aliphatic hydroxyl groups is 1. The summed E-state index contributed by atoms with van der Waals surface area (Å²) in [5.41, 5.74) is 0. The van der Waals surface area contributed by atoms with Gasteiger partial charge < -0.3 is 24.1 Å². The van der Waals surface area contributed by atoms with Gasteiger partial charge in [0.15, 0.2) is 11.6 Å². The molecule has 0 saturated carbocycles. The van der Waals surface area contributed by atoms with Gasteiger partial charge >= 0.3 is 5.97 Å². The number of hydrogen-bond acceptors (Lipinski definition) is 8. The maximum Gasteiger partial charge on any atom is 0.302 e. The molecular weight excluding hydrogens is 416 g/mol. The molecule has 0 fully saturated rings. The molecule has 0 aromatic heterocycles. The molecule has 202 valence electrons. The molecule has 2 unspecified atom stereocenters. The first kappa shape index (κ1) is 52.5. The minimum atomic E-state index is -0.989. The Morgan fingerprint density at radius 2 is 1.28 bits per heavy atom.